The molecule has 0 spiro atoms. The predicted molar refractivity (Wildman–Crippen MR) is 81.7 cm³/mol. The Balaban J connectivity index is 1.91. The second-order valence-electron chi connectivity index (χ2n) is 6.15. The maximum Gasteiger partial charge on any atom is 0.334 e. The molecule has 8 nitrogen and oxygen atoms in total. The van der Waals surface area contributed by atoms with Crippen LogP contribution in [0.5, 0.6) is 0 Å². The monoisotopic (exact) mass is 344 g/mol. The van der Waals surface area contributed by atoms with Crippen LogP contribution in [-0.2, 0) is 19.0 Å². The van der Waals surface area contributed by atoms with Gasteiger partial charge in [-0.05, 0) is 26.0 Å². The molecule has 136 valence electrons. The van der Waals surface area contributed by atoms with Gasteiger partial charge in [0.25, 0.3) is 0 Å². The molecule has 0 aromatic rings. The van der Waals surface area contributed by atoms with Crippen LogP contribution < -0.4 is 0 Å². The van der Waals surface area contributed by atoms with E-state index in [9.17, 15) is 20.1 Å². The summed E-state index contributed by atoms with van der Waals surface area (Å²) in [6.45, 7) is 3.26. The largest absolute Gasteiger partial charge is 0.454 e. The number of carbonyl (C=O) groups is 1. The smallest absolute Gasteiger partial charge is 0.334 e. The maximum atomic E-state index is 11.7. The number of rotatable bonds is 5. The fourth-order valence-corrected chi connectivity index (χ4v) is 2.63. The highest BCUT2D eigenvalue weighted by Crippen LogP contribution is 2.24. The Morgan fingerprint density at radius 3 is 2.58 bits per heavy atom. The van der Waals surface area contributed by atoms with Gasteiger partial charge < -0.3 is 34.6 Å². The molecule has 0 aliphatic carbocycles. The lowest BCUT2D eigenvalue weighted by atomic mass is 9.99. The number of hydrogen-bond donors (Lipinski definition) is 4. The Labute approximate surface area is 140 Å². The summed E-state index contributed by atoms with van der Waals surface area (Å²) >= 11 is 0. The van der Waals surface area contributed by atoms with Crippen molar-refractivity contribution in [3.8, 4) is 0 Å². The Hall–Kier alpha value is -1.29. The molecule has 2 aliphatic rings. The van der Waals surface area contributed by atoms with Gasteiger partial charge in [0.15, 0.2) is 6.29 Å². The summed E-state index contributed by atoms with van der Waals surface area (Å²) in [6, 6.07) is 0. The number of esters is 1. The average Bonchev–Trinajstić information content (AvgIpc) is 2.86. The van der Waals surface area contributed by atoms with Crippen LogP contribution in [-0.4, -0.2) is 76.4 Å². The maximum absolute atomic E-state index is 11.7. The van der Waals surface area contributed by atoms with E-state index < -0.39 is 43.3 Å². The van der Waals surface area contributed by atoms with Gasteiger partial charge in [-0.3, -0.25) is 0 Å². The Bertz CT molecular complexity index is 508. The molecular weight excluding hydrogens is 320 g/mol. The first kappa shape index (κ1) is 19.0. The second kappa shape index (κ2) is 8.19. The molecule has 8 heteroatoms. The molecule has 24 heavy (non-hydrogen) atoms. The fraction of sp³-hybridized carbons (Fsp3) is 0.688. The van der Waals surface area contributed by atoms with E-state index >= 15 is 0 Å². The number of cyclic esters (lactones) is 1. The van der Waals surface area contributed by atoms with Crippen LogP contribution in [0.1, 0.15) is 20.3 Å². The molecule has 1 unspecified atom stereocenters. The van der Waals surface area contributed by atoms with Crippen LogP contribution in [0.2, 0.25) is 0 Å². The van der Waals surface area contributed by atoms with Gasteiger partial charge in [-0.2, -0.15) is 0 Å². The van der Waals surface area contributed by atoms with Gasteiger partial charge in [-0.1, -0.05) is 5.57 Å². The third-order valence-electron chi connectivity index (χ3n) is 3.90. The van der Waals surface area contributed by atoms with Crippen LogP contribution in [0.15, 0.2) is 23.3 Å². The third kappa shape index (κ3) is 4.41. The van der Waals surface area contributed by atoms with Crippen molar-refractivity contribution in [3.05, 3.63) is 23.3 Å². The lowest BCUT2D eigenvalue weighted by Crippen LogP contribution is -2.59. The number of ether oxygens (including phenoxy) is 3. The molecular formula is C16H24O8. The molecule has 2 saturated heterocycles. The first-order chi connectivity index (χ1) is 11.3. The summed E-state index contributed by atoms with van der Waals surface area (Å²) in [4.78, 5) is 11.7. The van der Waals surface area contributed by atoms with E-state index in [1.54, 1.807) is 0 Å². The standard InChI is InChI=1S/C16H24O8/c1-8(2)5-10-6-9(15(21)23-10)3-4-22-16-14(20)13(19)12(18)11(7-17)24-16/h3,5,10-14,16-20H,4,6-7H2,1-2H3/b9-3+/t10?,11-,12-,13+,14-,16-/m1/s1. The zero-order valence-electron chi connectivity index (χ0n) is 13.7. The van der Waals surface area contributed by atoms with Crippen molar-refractivity contribution in [3.63, 3.8) is 0 Å². The molecule has 0 amide bonds. The molecule has 0 aromatic carbocycles. The zero-order chi connectivity index (χ0) is 17.9. The summed E-state index contributed by atoms with van der Waals surface area (Å²) in [6.07, 6.45) is -3.11. The van der Waals surface area contributed by atoms with E-state index in [4.69, 9.17) is 19.3 Å². The van der Waals surface area contributed by atoms with Gasteiger partial charge in [-0.15, -0.1) is 0 Å². The first-order valence-corrected chi connectivity index (χ1v) is 7.80. The van der Waals surface area contributed by atoms with Crippen LogP contribution in [0.25, 0.3) is 0 Å². The normalized spacial score (nSPS) is 38.2. The Morgan fingerprint density at radius 1 is 1.25 bits per heavy atom. The molecule has 2 heterocycles. The van der Waals surface area contributed by atoms with Gasteiger partial charge in [-0.25, -0.2) is 4.79 Å². The van der Waals surface area contributed by atoms with Crippen molar-refractivity contribution >= 4 is 5.97 Å². The van der Waals surface area contributed by atoms with E-state index in [-0.39, 0.29) is 12.7 Å². The van der Waals surface area contributed by atoms with Gasteiger partial charge >= 0.3 is 5.97 Å². The third-order valence-corrected chi connectivity index (χ3v) is 3.90. The van der Waals surface area contributed by atoms with E-state index in [1.165, 1.54) is 6.08 Å². The number of aliphatic hydroxyl groups excluding tert-OH is 4. The van der Waals surface area contributed by atoms with Crippen molar-refractivity contribution in [2.45, 2.75) is 57.1 Å². The van der Waals surface area contributed by atoms with Gasteiger partial charge in [0.1, 0.15) is 30.5 Å². The Kier molecular flexibility index (Phi) is 6.50. The summed E-state index contributed by atoms with van der Waals surface area (Å²) in [5, 5.41) is 38.3. The fourth-order valence-electron chi connectivity index (χ4n) is 2.63. The van der Waals surface area contributed by atoms with Crippen molar-refractivity contribution in [2.75, 3.05) is 13.2 Å². The molecule has 6 atom stereocenters. The van der Waals surface area contributed by atoms with E-state index in [0.29, 0.717) is 12.0 Å². The highest BCUT2D eigenvalue weighted by Gasteiger charge is 2.43. The first-order valence-electron chi connectivity index (χ1n) is 7.80. The molecule has 4 N–H and O–H groups in total. The molecule has 0 aromatic heterocycles. The number of aliphatic hydroxyl groups is 4. The summed E-state index contributed by atoms with van der Waals surface area (Å²) in [5.41, 5.74) is 1.51. The highest BCUT2D eigenvalue weighted by atomic mass is 16.7. The van der Waals surface area contributed by atoms with Gasteiger partial charge in [0.05, 0.1) is 13.2 Å². The molecule has 0 bridgehead atoms. The zero-order valence-corrected chi connectivity index (χ0v) is 13.7. The van der Waals surface area contributed by atoms with Crippen LogP contribution in [0.4, 0.5) is 0 Å². The average molecular weight is 344 g/mol. The number of carbonyl (C=O) groups excluding carboxylic acids is 1. The summed E-state index contributed by atoms with van der Waals surface area (Å²) < 4.78 is 15.7. The van der Waals surface area contributed by atoms with Gasteiger partial charge in [0, 0.05) is 12.0 Å². The van der Waals surface area contributed by atoms with Crippen molar-refractivity contribution in [2.24, 2.45) is 0 Å². The predicted octanol–water partition coefficient (Wildman–Crippen LogP) is -0.989. The van der Waals surface area contributed by atoms with Gasteiger partial charge in [0.2, 0.25) is 0 Å². The van der Waals surface area contributed by atoms with E-state index in [0.717, 1.165) is 5.57 Å². The van der Waals surface area contributed by atoms with Crippen molar-refractivity contribution in [1.29, 1.82) is 0 Å². The topological polar surface area (TPSA) is 126 Å². The Morgan fingerprint density at radius 2 is 1.96 bits per heavy atom. The number of hydrogen-bond acceptors (Lipinski definition) is 8. The highest BCUT2D eigenvalue weighted by molar-refractivity contribution is 5.90. The molecule has 2 aliphatic heterocycles. The van der Waals surface area contributed by atoms with E-state index in [2.05, 4.69) is 0 Å². The van der Waals surface area contributed by atoms with E-state index in [1.807, 2.05) is 19.9 Å². The second-order valence-corrected chi connectivity index (χ2v) is 6.15. The van der Waals surface area contributed by atoms with Crippen LogP contribution in [0.3, 0.4) is 0 Å². The van der Waals surface area contributed by atoms with Crippen LogP contribution in [0, 0.1) is 0 Å². The lowest BCUT2D eigenvalue weighted by molar-refractivity contribution is -0.298. The minimum atomic E-state index is -1.49. The SMILES string of the molecule is CC(C)=CC1C/C(=C\CO[C@@H]2O[C@H](CO)[C@@H](O)[C@H](O)[C@H]2O)C(=O)O1. The molecule has 0 radical (unpaired) electrons. The minimum Gasteiger partial charge on any atom is -0.454 e. The molecule has 0 saturated carbocycles. The number of allylic oxidation sites excluding steroid dienone is 1. The molecule has 2 rings (SSSR count). The lowest BCUT2D eigenvalue weighted by Gasteiger charge is -2.39. The van der Waals surface area contributed by atoms with Crippen molar-refractivity contribution < 1.29 is 39.4 Å². The summed E-state index contributed by atoms with van der Waals surface area (Å²) in [7, 11) is 0. The molecule has 2 fully saturated rings. The van der Waals surface area contributed by atoms with Crippen LogP contribution >= 0.6 is 0 Å². The summed E-state index contributed by atoms with van der Waals surface area (Å²) in [5.74, 6) is -0.421. The minimum absolute atomic E-state index is 0.0470. The quantitative estimate of drug-likeness (QED) is 0.285. The van der Waals surface area contributed by atoms with Crippen molar-refractivity contribution in [1.82, 2.24) is 0 Å².